The number of carbonyl (C=O) groups is 2. The van der Waals surface area contributed by atoms with Crippen molar-refractivity contribution in [3.8, 4) is 0 Å². The summed E-state index contributed by atoms with van der Waals surface area (Å²) in [7, 11) is 0. The Labute approximate surface area is 152 Å². The van der Waals surface area contributed by atoms with Gasteiger partial charge in [0.05, 0.1) is 17.7 Å². The molecule has 2 aliphatic rings. The van der Waals surface area contributed by atoms with Crippen LogP contribution in [0, 0.1) is 6.92 Å². The number of likely N-dealkylation sites (tertiary alicyclic amines) is 1. The Morgan fingerprint density at radius 3 is 2.83 bits per heavy atom. The largest absolute Gasteiger partial charge is 0.336 e. The lowest BCUT2D eigenvalue weighted by molar-refractivity contribution is -0.135. The fraction of sp³-hybridized carbons (Fsp3) is 0.643. The van der Waals surface area contributed by atoms with Gasteiger partial charge in [-0.15, -0.1) is 36.2 Å². The Hall–Kier alpha value is -0.890. The monoisotopic (exact) mass is 380 g/mol. The molecule has 0 radical (unpaired) electrons. The van der Waals surface area contributed by atoms with Crippen molar-refractivity contribution in [1.29, 1.82) is 0 Å². The highest BCUT2D eigenvalue weighted by atomic mass is 35.5. The summed E-state index contributed by atoms with van der Waals surface area (Å²) in [6.45, 7) is 5.27. The molecular weight excluding hydrogens is 359 g/mol. The molecule has 0 bridgehead atoms. The molecule has 2 aliphatic heterocycles. The van der Waals surface area contributed by atoms with Crippen LogP contribution in [-0.2, 0) is 4.79 Å². The molecule has 3 heterocycles. The van der Waals surface area contributed by atoms with Crippen molar-refractivity contribution in [2.24, 2.45) is 0 Å². The second-order valence-electron chi connectivity index (χ2n) is 5.58. The molecule has 23 heavy (non-hydrogen) atoms. The van der Waals surface area contributed by atoms with Gasteiger partial charge in [-0.1, -0.05) is 0 Å². The SMILES string of the molecule is Cc1ncsc1C(=O)N1CCCC(N2CCNCC2=O)C1.Cl.Cl. The van der Waals surface area contributed by atoms with Crippen molar-refractivity contribution in [3.63, 3.8) is 0 Å². The van der Waals surface area contributed by atoms with Gasteiger partial charge in [0.1, 0.15) is 4.88 Å². The molecule has 130 valence electrons. The molecule has 3 rings (SSSR count). The molecular formula is C14H22Cl2N4O2S. The zero-order valence-corrected chi connectivity index (χ0v) is 15.4. The van der Waals surface area contributed by atoms with Gasteiger partial charge in [0.15, 0.2) is 0 Å². The van der Waals surface area contributed by atoms with E-state index in [2.05, 4.69) is 10.3 Å². The second-order valence-corrected chi connectivity index (χ2v) is 6.43. The fourth-order valence-corrected chi connectivity index (χ4v) is 3.82. The van der Waals surface area contributed by atoms with Gasteiger partial charge in [0.25, 0.3) is 5.91 Å². The molecule has 0 aliphatic carbocycles. The number of nitrogens with one attached hydrogen (secondary N) is 1. The van der Waals surface area contributed by atoms with Gasteiger partial charge in [-0.25, -0.2) is 4.98 Å². The van der Waals surface area contributed by atoms with Crippen LogP contribution in [0.4, 0.5) is 0 Å². The summed E-state index contributed by atoms with van der Waals surface area (Å²) >= 11 is 1.40. The zero-order valence-electron chi connectivity index (χ0n) is 13.0. The summed E-state index contributed by atoms with van der Waals surface area (Å²) in [6.07, 6.45) is 1.93. The maximum atomic E-state index is 12.6. The number of aryl methyl sites for hydroxylation is 1. The lowest BCUT2D eigenvalue weighted by atomic mass is 10.0. The third kappa shape index (κ3) is 4.35. The normalized spacial score (nSPS) is 21.4. The number of piperazine rings is 1. The Morgan fingerprint density at radius 1 is 1.39 bits per heavy atom. The average molecular weight is 381 g/mol. The number of carbonyl (C=O) groups excluding carboxylic acids is 2. The number of thiazole rings is 1. The molecule has 9 heteroatoms. The van der Waals surface area contributed by atoms with E-state index in [-0.39, 0.29) is 42.7 Å². The number of nitrogens with zero attached hydrogens (tertiary/aromatic N) is 3. The molecule has 2 amide bonds. The van der Waals surface area contributed by atoms with Gasteiger partial charge in [-0.3, -0.25) is 9.59 Å². The van der Waals surface area contributed by atoms with Gasteiger partial charge in [0.2, 0.25) is 5.91 Å². The summed E-state index contributed by atoms with van der Waals surface area (Å²) in [5, 5.41) is 3.09. The summed E-state index contributed by atoms with van der Waals surface area (Å²) in [5.41, 5.74) is 2.51. The molecule has 2 saturated heterocycles. The number of piperidine rings is 1. The lowest BCUT2D eigenvalue weighted by Crippen LogP contribution is -2.57. The van der Waals surface area contributed by atoms with Gasteiger partial charge in [0, 0.05) is 32.2 Å². The van der Waals surface area contributed by atoms with Crippen molar-refractivity contribution in [2.45, 2.75) is 25.8 Å². The Kier molecular flexibility index (Phi) is 7.73. The summed E-state index contributed by atoms with van der Waals surface area (Å²) in [4.78, 5) is 33.3. The first-order chi connectivity index (χ1) is 10.2. The van der Waals surface area contributed by atoms with E-state index >= 15 is 0 Å². The molecule has 0 aromatic carbocycles. The number of halogens is 2. The number of rotatable bonds is 2. The first-order valence-corrected chi connectivity index (χ1v) is 8.24. The fourth-order valence-electron chi connectivity index (χ4n) is 3.05. The van der Waals surface area contributed by atoms with Crippen molar-refractivity contribution in [2.75, 3.05) is 32.7 Å². The third-order valence-corrected chi connectivity index (χ3v) is 5.11. The van der Waals surface area contributed by atoms with E-state index < -0.39 is 0 Å². The molecule has 1 aromatic heterocycles. The Morgan fingerprint density at radius 2 is 2.17 bits per heavy atom. The van der Waals surface area contributed by atoms with Crippen molar-refractivity contribution in [1.82, 2.24) is 20.1 Å². The first-order valence-electron chi connectivity index (χ1n) is 7.36. The molecule has 2 fully saturated rings. The zero-order chi connectivity index (χ0) is 14.8. The van der Waals surface area contributed by atoms with Crippen molar-refractivity contribution < 1.29 is 9.59 Å². The van der Waals surface area contributed by atoms with E-state index in [0.717, 1.165) is 43.0 Å². The highest BCUT2D eigenvalue weighted by Gasteiger charge is 2.32. The van der Waals surface area contributed by atoms with E-state index in [0.29, 0.717) is 13.1 Å². The predicted octanol–water partition coefficient (Wildman–Crippen LogP) is 1.33. The van der Waals surface area contributed by atoms with Crippen LogP contribution in [0.3, 0.4) is 0 Å². The van der Waals surface area contributed by atoms with Crippen LogP contribution in [0.2, 0.25) is 0 Å². The first kappa shape index (κ1) is 20.2. The quantitative estimate of drug-likeness (QED) is 0.840. The summed E-state index contributed by atoms with van der Waals surface area (Å²) in [6, 6.07) is 0.158. The van der Waals surface area contributed by atoms with Crippen LogP contribution in [-0.4, -0.2) is 65.4 Å². The molecule has 6 nitrogen and oxygen atoms in total. The van der Waals surface area contributed by atoms with Crippen LogP contribution in [0.1, 0.15) is 28.2 Å². The number of hydrogen-bond donors (Lipinski definition) is 1. The van der Waals surface area contributed by atoms with Crippen LogP contribution >= 0.6 is 36.2 Å². The Bertz CT molecular complexity index is 555. The maximum absolute atomic E-state index is 12.6. The highest BCUT2D eigenvalue weighted by molar-refractivity contribution is 7.11. The summed E-state index contributed by atoms with van der Waals surface area (Å²) in [5.74, 6) is 0.205. The predicted molar refractivity (Wildman–Crippen MR) is 94.9 cm³/mol. The smallest absolute Gasteiger partial charge is 0.265 e. The van der Waals surface area contributed by atoms with Crippen LogP contribution in [0.5, 0.6) is 0 Å². The van der Waals surface area contributed by atoms with E-state index in [1.807, 2.05) is 16.7 Å². The standard InChI is InChI=1S/C14H20N4O2S.2ClH/c1-10-13(21-9-16-10)14(20)17-5-2-3-11(8-17)18-6-4-15-7-12(18)19;;/h9,11,15H,2-8H2,1H3;2*1H. The van der Waals surface area contributed by atoms with Gasteiger partial charge >= 0.3 is 0 Å². The van der Waals surface area contributed by atoms with Crippen molar-refractivity contribution in [3.05, 3.63) is 16.1 Å². The third-order valence-electron chi connectivity index (χ3n) is 4.19. The van der Waals surface area contributed by atoms with Gasteiger partial charge < -0.3 is 15.1 Å². The van der Waals surface area contributed by atoms with Gasteiger partial charge in [-0.2, -0.15) is 0 Å². The average Bonchev–Trinajstić information content (AvgIpc) is 2.93. The summed E-state index contributed by atoms with van der Waals surface area (Å²) < 4.78 is 0. The molecule has 0 saturated carbocycles. The van der Waals surface area contributed by atoms with Crippen molar-refractivity contribution >= 4 is 48.0 Å². The lowest BCUT2D eigenvalue weighted by Gasteiger charge is -2.41. The van der Waals surface area contributed by atoms with Crippen LogP contribution in [0.15, 0.2) is 5.51 Å². The molecule has 0 spiro atoms. The number of amides is 2. The number of aromatic nitrogens is 1. The number of hydrogen-bond acceptors (Lipinski definition) is 5. The molecule has 1 aromatic rings. The van der Waals surface area contributed by atoms with Crippen LogP contribution < -0.4 is 5.32 Å². The van der Waals surface area contributed by atoms with E-state index in [4.69, 9.17) is 0 Å². The minimum Gasteiger partial charge on any atom is -0.336 e. The molecule has 1 N–H and O–H groups in total. The molecule has 1 atom stereocenters. The Balaban J connectivity index is 0.00000132. The van der Waals surface area contributed by atoms with Crippen LogP contribution in [0.25, 0.3) is 0 Å². The van der Waals surface area contributed by atoms with E-state index in [1.165, 1.54) is 11.3 Å². The second kappa shape index (κ2) is 8.82. The minimum atomic E-state index is 0. The van der Waals surface area contributed by atoms with E-state index in [9.17, 15) is 9.59 Å². The molecule has 1 unspecified atom stereocenters. The topological polar surface area (TPSA) is 65.5 Å². The minimum absolute atomic E-state index is 0. The van der Waals surface area contributed by atoms with Gasteiger partial charge in [-0.05, 0) is 19.8 Å². The van der Waals surface area contributed by atoms with E-state index in [1.54, 1.807) is 5.51 Å². The maximum Gasteiger partial charge on any atom is 0.265 e. The highest BCUT2D eigenvalue weighted by Crippen LogP contribution is 2.21.